The number of hydrogen-bond donors (Lipinski definition) is 2. The molecule has 5 nitrogen and oxygen atoms in total. The number of nitrogens with zero attached hydrogens (tertiary/aromatic N) is 3. The second-order valence-corrected chi connectivity index (χ2v) is 1.46. The smallest absolute Gasteiger partial charge is 0.241 e. The second-order valence-electron chi connectivity index (χ2n) is 1.46. The standard InChI is InChI=1S/C3H7N5/c1-2-6-3(4)7-8(2)5/h5H2,1H3,(H2,4,7). The number of aromatic nitrogens is 3. The van der Waals surface area contributed by atoms with Crippen molar-refractivity contribution in [1.29, 1.82) is 0 Å². The first kappa shape index (κ1) is 4.89. The van der Waals surface area contributed by atoms with Crippen molar-refractivity contribution in [3.05, 3.63) is 5.82 Å². The van der Waals surface area contributed by atoms with Crippen molar-refractivity contribution >= 4 is 5.95 Å². The minimum atomic E-state index is 0.213. The predicted octanol–water partition coefficient (Wildman–Crippen LogP) is -1.12. The number of nitrogen functional groups attached to an aromatic ring is 2. The fourth-order valence-corrected chi connectivity index (χ4v) is 0.422. The van der Waals surface area contributed by atoms with Crippen LogP contribution in [0.3, 0.4) is 0 Å². The number of anilines is 1. The molecule has 0 fully saturated rings. The number of nitrogens with two attached hydrogens (primary N) is 2. The van der Waals surface area contributed by atoms with Crippen molar-refractivity contribution in [1.82, 2.24) is 14.9 Å². The van der Waals surface area contributed by atoms with Gasteiger partial charge in [-0.2, -0.15) is 9.77 Å². The molecule has 1 aromatic rings. The summed E-state index contributed by atoms with van der Waals surface area (Å²) in [6.45, 7) is 1.73. The van der Waals surface area contributed by atoms with E-state index in [2.05, 4.69) is 10.1 Å². The summed E-state index contributed by atoms with van der Waals surface area (Å²) < 4.78 is 0. The number of hydrogen-bond acceptors (Lipinski definition) is 4. The van der Waals surface area contributed by atoms with Crippen LogP contribution in [-0.4, -0.2) is 14.9 Å². The molecule has 8 heavy (non-hydrogen) atoms. The Morgan fingerprint density at radius 3 is 2.38 bits per heavy atom. The average molecular weight is 113 g/mol. The lowest BCUT2D eigenvalue weighted by Gasteiger charge is -1.85. The zero-order valence-corrected chi connectivity index (χ0v) is 4.50. The lowest BCUT2D eigenvalue weighted by molar-refractivity contribution is 0.797. The Kier molecular flexibility index (Phi) is 0.831. The first-order chi connectivity index (χ1) is 3.70. The Balaban J connectivity index is 3.14. The minimum absolute atomic E-state index is 0.213. The lowest BCUT2D eigenvalue weighted by Crippen LogP contribution is -2.11. The molecule has 0 aliphatic carbocycles. The molecule has 0 bridgehead atoms. The summed E-state index contributed by atoms with van der Waals surface area (Å²) in [6, 6.07) is 0. The Hall–Kier alpha value is -1.26. The van der Waals surface area contributed by atoms with E-state index in [1.54, 1.807) is 6.92 Å². The number of aryl methyl sites for hydroxylation is 1. The molecule has 0 atom stereocenters. The molecule has 0 amide bonds. The third-order valence-corrected chi connectivity index (χ3v) is 0.818. The van der Waals surface area contributed by atoms with Crippen LogP contribution in [0.5, 0.6) is 0 Å². The van der Waals surface area contributed by atoms with E-state index in [4.69, 9.17) is 11.6 Å². The summed E-state index contributed by atoms with van der Waals surface area (Å²) in [5, 5.41) is 3.57. The van der Waals surface area contributed by atoms with Gasteiger partial charge in [0.2, 0.25) is 5.95 Å². The van der Waals surface area contributed by atoms with Gasteiger partial charge in [0.25, 0.3) is 0 Å². The summed E-state index contributed by atoms with van der Waals surface area (Å²) in [4.78, 5) is 4.85. The van der Waals surface area contributed by atoms with Gasteiger partial charge in [-0.05, 0) is 6.92 Å². The van der Waals surface area contributed by atoms with Gasteiger partial charge >= 0.3 is 0 Å². The number of rotatable bonds is 0. The second kappa shape index (κ2) is 1.36. The van der Waals surface area contributed by atoms with Crippen molar-refractivity contribution in [3.8, 4) is 0 Å². The Bertz CT molecular complexity index is 170. The normalized spacial score (nSPS) is 9.62. The summed E-state index contributed by atoms with van der Waals surface area (Å²) in [7, 11) is 0. The molecule has 0 radical (unpaired) electrons. The maximum atomic E-state index is 5.20. The zero-order valence-electron chi connectivity index (χ0n) is 4.50. The maximum absolute atomic E-state index is 5.20. The van der Waals surface area contributed by atoms with Gasteiger partial charge in [-0.25, -0.2) is 0 Å². The monoisotopic (exact) mass is 113 g/mol. The molecule has 1 rings (SSSR count). The molecule has 0 aliphatic rings. The highest BCUT2D eigenvalue weighted by molar-refractivity contribution is 5.12. The Morgan fingerprint density at radius 1 is 1.62 bits per heavy atom. The Morgan fingerprint density at radius 2 is 2.25 bits per heavy atom. The first-order valence-corrected chi connectivity index (χ1v) is 2.14. The van der Waals surface area contributed by atoms with Gasteiger partial charge in [0.15, 0.2) is 0 Å². The van der Waals surface area contributed by atoms with Crippen LogP contribution in [-0.2, 0) is 0 Å². The van der Waals surface area contributed by atoms with Gasteiger partial charge in [0.1, 0.15) is 5.82 Å². The van der Waals surface area contributed by atoms with E-state index in [0.717, 1.165) is 4.79 Å². The van der Waals surface area contributed by atoms with Crippen molar-refractivity contribution in [2.75, 3.05) is 11.6 Å². The van der Waals surface area contributed by atoms with Crippen LogP contribution in [0, 0.1) is 6.92 Å². The SMILES string of the molecule is Cc1nc(N)nn1N. The van der Waals surface area contributed by atoms with E-state index in [0.29, 0.717) is 5.82 Å². The first-order valence-electron chi connectivity index (χ1n) is 2.14. The van der Waals surface area contributed by atoms with Crippen molar-refractivity contribution in [2.24, 2.45) is 0 Å². The molecule has 5 heteroatoms. The average Bonchev–Trinajstić information content (AvgIpc) is 1.85. The van der Waals surface area contributed by atoms with Crippen LogP contribution in [0.15, 0.2) is 0 Å². The van der Waals surface area contributed by atoms with Crippen LogP contribution < -0.4 is 11.6 Å². The van der Waals surface area contributed by atoms with Gasteiger partial charge < -0.3 is 11.6 Å². The van der Waals surface area contributed by atoms with Gasteiger partial charge in [-0.15, -0.1) is 5.10 Å². The third kappa shape index (κ3) is 0.575. The van der Waals surface area contributed by atoms with E-state index in [1.807, 2.05) is 0 Å². The Labute approximate surface area is 46.3 Å². The molecule has 0 unspecified atom stereocenters. The summed E-state index contributed by atoms with van der Waals surface area (Å²) in [6.07, 6.45) is 0. The molecule has 0 saturated carbocycles. The topological polar surface area (TPSA) is 82.8 Å². The van der Waals surface area contributed by atoms with Crippen molar-refractivity contribution < 1.29 is 0 Å². The molecule has 0 saturated heterocycles. The van der Waals surface area contributed by atoms with Crippen LogP contribution in [0.1, 0.15) is 5.82 Å². The summed E-state index contributed by atoms with van der Waals surface area (Å²) in [5.74, 6) is 6.03. The zero-order chi connectivity index (χ0) is 6.15. The molecule has 0 spiro atoms. The molecule has 44 valence electrons. The highest BCUT2D eigenvalue weighted by Crippen LogP contribution is 1.90. The summed E-state index contributed by atoms with van der Waals surface area (Å²) >= 11 is 0. The fourth-order valence-electron chi connectivity index (χ4n) is 0.422. The lowest BCUT2D eigenvalue weighted by atomic mass is 10.7. The fraction of sp³-hybridized carbons (Fsp3) is 0.333. The minimum Gasteiger partial charge on any atom is -0.366 e. The molecule has 0 aliphatic heterocycles. The van der Waals surface area contributed by atoms with Gasteiger partial charge in [-0.3, -0.25) is 0 Å². The molecular weight excluding hydrogens is 106 g/mol. The van der Waals surface area contributed by atoms with E-state index < -0.39 is 0 Å². The van der Waals surface area contributed by atoms with E-state index in [9.17, 15) is 0 Å². The van der Waals surface area contributed by atoms with Crippen molar-refractivity contribution in [2.45, 2.75) is 6.92 Å². The molecular formula is C3H7N5. The molecule has 0 aromatic carbocycles. The van der Waals surface area contributed by atoms with Gasteiger partial charge in [0, 0.05) is 0 Å². The highest BCUT2D eigenvalue weighted by Gasteiger charge is 1.95. The molecule has 1 aromatic heterocycles. The van der Waals surface area contributed by atoms with Crippen LogP contribution in [0.2, 0.25) is 0 Å². The third-order valence-electron chi connectivity index (χ3n) is 0.818. The largest absolute Gasteiger partial charge is 0.366 e. The van der Waals surface area contributed by atoms with Crippen LogP contribution in [0.4, 0.5) is 5.95 Å². The quantitative estimate of drug-likeness (QED) is 0.417. The van der Waals surface area contributed by atoms with Crippen LogP contribution >= 0.6 is 0 Å². The predicted molar refractivity (Wildman–Crippen MR) is 29.3 cm³/mol. The van der Waals surface area contributed by atoms with Gasteiger partial charge in [-0.1, -0.05) is 0 Å². The molecule has 1 heterocycles. The maximum Gasteiger partial charge on any atom is 0.241 e. The van der Waals surface area contributed by atoms with E-state index >= 15 is 0 Å². The van der Waals surface area contributed by atoms with Crippen molar-refractivity contribution in [3.63, 3.8) is 0 Å². The summed E-state index contributed by atoms with van der Waals surface area (Å²) in [5.41, 5.74) is 5.16. The highest BCUT2D eigenvalue weighted by atomic mass is 15.5. The van der Waals surface area contributed by atoms with Crippen LogP contribution in [0.25, 0.3) is 0 Å². The van der Waals surface area contributed by atoms with E-state index in [-0.39, 0.29) is 5.95 Å². The van der Waals surface area contributed by atoms with Gasteiger partial charge in [0.05, 0.1) is 0 Å². The molecule has 4 N–H and O–H groups in total. The van der Waals surface area contributed by atoms with E-state index in [1.165, 1.54) is 0 Å².